The fourth-order valence-electron chi connectivity index (χ4n) is 3.27. The lowest BCUT2D eigenvalue weighted by Gasteiger charge is -2.17. The molecule has 1 amide bonds. The summed E-state index contributed by atoms with van der Waals surface area (Å²) in [6, 6.07) is 7.99. The SMILES string of the molecule is O=C(Nc1cc2cc(-c3cnc4n3CCNC4)ccc2nn1)C1CC1. The maximum Gasteiger partial charge on any atom is 0.228 e. The zero-order chi connectivity index (χ0) is 16.8. The molecule has 3 heterocycles. The Bertz CT molecular complexity index is 975. The average Bonchev–Trinajstić information content (AvgIpc) is 3.41. The smallest absolute Gasteiger partial charge is 0.228 e. The monoisotopic (exact) mass is 334 g/mol. The van der Waals surface area contributed by atoms with E-state index in [0.29, 0.717) is 5.82 Å². The van der Waals surface area contributed by atoms with Crippen molar-refractivity contribution in [2.24, 2.45) is 5.92 Å². The molecule has 126 valence electrons. The molecule has 7 heteroatoms. The Morgan fingerprint density at radius 3 is 3.04 bits per heavy atom. The molecule has 0 saturated heterocycles. The first-order chi connectivity index (χ1) is 12.3. The standard InChI is InChI=1S/C18H18N6O/c25-18(11-1-2-11)21-16-8-13-7-12(3-4-14(13)22-23-16)15-9-20-17-10-19-5-6-24(15)17/h3-4,7-9,11,19H,1-2,5-6,10H2,(H,21,23,25). The van der Waals surface area contributed by atoms with E-state index in [9.17, 15) is 4.79 Å². The Morgan fingerprint density at radius 2 is 2.16 bits per heavy atom. The number of nitrogens with zero attached hydrogens (tertiary/aromatic N) is 4. The van der Waals surface area contributed by atoms with Gasteiger partial charge in [0.05, 0.1) is 24.0 Å². The van der Waals surface area contributed by atoms with Gasteiger partial charge in [0, 0.05) is 30.0 Å². The highest BCUT2D eigenvalue weighted by atomic mass is 16.2. The maximum absolute atomic E-state index is 11.9. The molecule has 0 unspecified atom stereocenters. The van der Waals surface area contributed by atoms with Crippen LogP contribution in [0.15, 0.2) is 30.5 Å². The molecule has 2 N–H and O–H groups in total. The van der Waals surface area contributed by atoms with Crippen LogP contribution in [0.3, 0.4) is 0 Å². The first kappa shape index (κ1) is 14.5. The minimum absolute atomic E-state index is 0.0437. The number of hydrogen-bond acceptors (Lipinski definition) is 5. The molecule has 1 saturated carbocycles. The molecule has 0 atom stereocenters. The molecule has 0 spiro atoms. The van der Waals surface area contributed by atoms with Gasteiger partial charge in [0.1, 0.15) is 5.82 Å². The zero-order valence-electron chi connectivity index (χ0n) is 13.7. The number of rotatable bonds is 3. The minimum Gasteiger partial charge on any atom is -0.326 e. The Balaban J connectivity index is 1.51. The van der Waals surface area contributed by atoms with Crippen molar-refractivity contribution < 1.29 is 4.79 Å². The van der Waals surface area contributed by atoms with Crippen LogP contribution in [-0.4, -0.2) is 32.2 Å². The normalized spacial score (nSPS) is 16.6. The number of anilines is 1. The van der Waals surface area contributed by atoms with Crippen LogP contribution in [0.5, 0.6) is 0 Å². The lowest BCUT2D eigenvalue weighted by atomic mass is 10.1. The molecule has 1 aromatic carbocycles. The van der Waals surface area contributed by atoms with Gasteiger partial charge in [-0.1, -0.05) is 6.07 Å². The lowest BCUT2D eigenvalue weighted by Crippen LogP contribution is -2.28. The molecule has 1 fully saturated rings. The third-order valence-corrected chi connectivity index (χ3v) is 4.81. The van der Waals surface area contributed by atoms with Crippen molar-refractivity contribution in [3.8, 4) is 11.3 Å². The number of aromatic nitrogens is 4. The van der Waals surface area contributed by atoms with Crippen molar-refractivity contribution in [2.45, 2.75) is 25.9 Å². The molecule has 1 aliphatic heterocycles. The molecular weight excluding hydrogens is 316 g/mol. The summed E-state index contributed by atoms with van der Waals surface area (Å²) in [5, 5.41) is 15.5. The van der Waals surface area contributed by atoms with Crippen LogP contribution in [0.4, 0.5) is 5.82 Å². The fraction of sp³-hybridized carbons (Fsp3) is 0.333. The van der Waals surface area contributed by atoms with Crippen LogP contribution in [0, 0.1) is 5.92 Å². The zero-order valence-corrected chi connectivity index (χ0v) is 13.7. The number of carbonyl (C=O) groups is 1. The highest BCUT2D eigenvalue weighted by Crippen LogP contribution is 2.30. The van der Waals surface area contributed by atoms with Gasteiger partial charge in [-0.15, -0.1) is 10.2 Å². The van der Waals surface area contributed by atoms with E-state index in [1.165, 1.54) is 0 Å². The predicted octanol–water partition coefficient (Wildman–Crippen LogP) is 1.94. The highest BCUT2D eigenvalue weighted by molar-refractivity contribution is 5.95. The first-order valence-corrected chi connectivity index (χ1v) is 8.62. The number of nitrogens with one attached hydrogen (secondary N) is 2. The van der Waals surface area contributed by atoms with Gasteiger partial charge in [-0.3, -0.25) is 4.79 Å². The number of hydrogen-bond donors (Lipinski definition) is 2. The van der Waals surface area contributed by atoms with Crippen LogP contribution < -0.4 is 10.6 Å². The number of fused-ring (bicyclic) bond motifs is 2. The molecule has 5 rings (SSSR count). The quantitative estimate of drug-likeness (QED) is 0.765. The van der Waals surface area contributed by atoms with Crippen LogP contribution in [-0.2, 0) is 17.9 Å². The molecule has 3 aromatic rings. The Kier molecular flexibility index (Phi) is 3.27. The largest absolute Gasteiger partial charge is 0.326 e. The lowest BCUT2D eigenvalue weighted by molar-refractivity contribution is -0.117. The van der Waals surface area contributed by atoms with Gasteiger partial charge in [-0.25, -0.2) is 4.98 Å². The van der Waals surface area contributed by atoms with E-state index >= 15 is 0 Å². The Hall–Kier alpha value is -2.80. The van der Waals surface area contributed by atoms with Gasteiger partial charge in [-0.05, 0) is 31.0 Å². The summed E-state index contributed by atoms with van der Waals surface area (Å²) in [7, 11) is 0. The van der Waals surface area contributed by atoms with Crippen LogP contribution in [0.25, 0.3) is 22.2 Å². The number of amides is 1. The number of imidazole rings is 1. The molecule has 0 bridgehead atoms. The summed E-state index contributed by atoms with van der Waals surface area (Å²) in [4.78, 5) is 16.4. The number of benzene rings is 1. The molecule has 1 aliphatic carbocycles. The molecular formula is C18H18N6O. The van der Waals surface area contributed by atoms with Gasteiger partial charge in [0.2, 0.25) is 5.91 Å². The predicted molar refractivity (Wildman–Crippen MR) is 93.8 cm³/mol. The Morgan fingerprint density at radius 1 is 1.24 bits per heavy atom. The summed E-state index contributed by atoms with van der Waals surface area (Å²) in [5.74, 6) is 1.77. The van der Waals surface area contributed by atoms with Crippen molar-refractivity contribution in [3.05, 3.63) is 36.3 Å². The van der Waals surface area contributed by atoms with Crippen LogP contribution in [0.2, 0.25) is 0 Å². The topological polar surface area (TPSA) is 84.7 Å². The van der Waals surface area contributed by atoms with E-state index in [2.05, 4.69) is 36.4 Å². The van der Waals surface area contributed by atoms with Gasteiger partial charge in [0.25, 0.3) is 0 Å². The third kappa shape index (κ3) is 2.66. The molecule has 7 nitrogen and oxygen atoms in total. The molecule has 2 aromatic heterocycles. The summed E-state index contributed by atoms with van der Waals surface area (Å²) >= 11 is 0. The van der Waals surface area contributed by atoms with Gasteiger partial charge < -0.3 is 15.2 Å². The third-order valence-electron chi connectivity index (χ3n) is 4.81. The summed E-state index contributed by atoms with van der Waals surface area (Å²) in [6.45, 7) is 2.67. The highest BCUT2D eigenvalue weighted by Gasteiger charge is 2.29. The van der Waals surface area contributed by atoms with E-state index in [-0.39, 0.29) is 11.8 Å². The number of carbonyl (C=O) groups excluding carboxylic acids is 1. The molecule has 0 radical (unpaired) electrons. The van der Waals surface area contributed by atoms with E-state index in [1.807, 2.05) is 24.4 Å². The van der Waals surface area contributed by atoms with Gasteiger partial charge in [-0.2, -0.15) is 0 Å². The summed E-state index contributed by atoms with van der Waals surface area (Å²) in [6.07, 6.45) is 3.87. The van der Waals surface area contributed by atoms with Crippen LogP contribution in [0.1, 0.15) is 18.7 Å². The first-order valence-electron chi connectivity index (χ1n) is 8.62. The van der Waals surface area contributed by atoms with Crippen molar-refractivity contribution >= 4 is 22.6 Å². The van der Waals surface area contributed by atoms with Crippen molar-refractivity contribution in [1.29, 1.82) is 0 Å². The summed E-state index contributed by atoms with van der Waals surface area (Å²) < 4.78 is 2.25. The minimum atomic E-state index is 0.0437. The van der Waals surface area contributed by atoms with E-state index in [0.717, 1.165) is 60.5 Å². The van der Waals surface area contributed by atoms with Crippen molar-refractivity contribution in [3.63, 3.8) is 0 Å². The molecule has 2 aliphatic rings. The Labute approximate surface area is 144 Å². The summed E-state index contributed by atoms with van der Waals surface area (Å²) in [5.41, 5.74) is 3.02. The maximum atomic E-state index is 11.9. The average molecular weight is 334 g/mol. The fourth-order valence-corrected chi connectivity index (χ4v) is 3.27. The van der Waals surface area contributed by atoms with E-state index in [1.54, 1.807) is 0 Å². The van der Waals surface area contributed by atoms with Crippen molar-refractivity contribution in [2.75, 3.05) is 11.9 Å². The van der Waals surface area contributed by atoms with Gasteiger partial charge >= 0.3 is 0 Å². The van der Waals surface area contributed by atoms with E-state index < -0.39 is 0 Å². The van der Waals surface area contributed by atoms with Gasteiger partial charge in [0.15, 0.2) is 5.82 Å². The second kappa shape index (κ2) is 5.63. The second-order valence-corrected chi connectivity index (χ2v) is 6.65. The van der Waals surface area contributed by atoms with Crippen LogP contribution >= 0.6 is 0 Å². The van der Waals surface area contributed by atoms with E-state index in [4.69, 9.17) is 0 Å². The second-order valence-electron chi connectivity index (χ2n) is 6.65. The van der Waals surface area contributed by atoms with Crippen molar-refractivity contribution in [1.82, 2.24) is 25.1 Å². The molecule has 25 heavy (non-hydrogen) atoms.